The van der Waals surface area contributed by atoms with Crippen molar-refractivity contribution in [3.8, 4) is 0 Å². The molecule has 1 unspecified atom stereocenters. The minimum Gasteiger partial charge on any atom is -0.371 e. The monoisotopic (exact) mass is 371 g/mol. The third kappa shape index (κ3) is 2.99. The van der Waals surface area contributed by atoms with Crippen LogP contribution in [-0.4, -0.2) is 35.3 Å². The average molecular weight is 372 g/mol. The Kier molecular flexibility index (Phi) is 4.89. The number of benzene rings is 1. The summed E-state index contributed by atoms with van der Waals surface area (Å²) in [5.74, 6) is 1.36. The highest BCUT2D eigenvalue weighted by atomic mass is 35.5. The highest BCUT2D eigenvalue weighted by Gasteiger charge is 2.48. The fourth-order valence-electron chi connectivity index (χ4n) is 4.49. The molecule has 3 aliphatic rings. The Morgan fingerprint density at radius 3 is 2.62 bits per heavy atom. The summed E-state index contributed by atoms with van der Waals surface area (Å²) in [5, 5.41) is 0.361. The number of anilines is 1. The Hall–Kier alpha value is -1.65. The molecule has 0 bridgehead atoms. The Balaban J connectivity index is 0.000000814. The molecule has 1 aromatic carbocycles. The largest absolute Gasteiger partial charge is 0.371 e. The van der Waals surface area contributed by atoms with E-state index in [1.54, 1.807) is 0 Å². The number of ether oxygens (including phenoxy) is 1. The van der Waals surface area contributed by atoms with Gasteiger partial charge in [0.05, 0.1) is 18.8 Å². The van der Waals surface area contributed by atoms with Crippen LogP contribution in [0.5, 0.6) is 0 Å². The fraction of sp³-hybridized carbons (Fsp3) is 0.524. The van der Waals surface area contributed by atoms with Crippen LogP contribution in [0.25, 0.3) is 0 Å². The second-order valence-corrected chi connectivity index (χ2v) is 7.51. The lowest BCUT2D eigenvalue weighted by Gasteiger charge is -2.48. The number of hydrogen-bond donors (Lipinski definition) is 0. The van der Waals surface area contributed by atoms with Crippen LogP contribution in [0.2, 0.25) is 5.28 Å². The van der Waals surface area contributed by atoms with Gasteiger partial charge in [0, 0.05) is 18.1 Å². The first kappa shape index (κ1) is 17.7. The summed E-state index contributed by atoms with van der Waals surface area (Å²) in [4.78, 5) is 11.5. The zero-order valence-electron chi connectivity index (χ0n) is 15.5. The summed E-state index contributed by atoms with van der Waals surface area (Å²) in [6.45, 7) is 6.76. The van der Waals surface area contributed by atoms with Gasteiger partial charge in [-0.05, 0) is 42.8 Å². The number of hydrogen-bond acceptors (Lipinski definition) is 4. The molecule has 4 nitrogen and oxygen atoms in total. The molecular weight excluding hydrogens is 346 g/mol. The highest BCUT2D eigenvalue weighted by molar-refractivity contribution is 6.28. The Bertz CT molecular complexity index is 766. The first-order chi connectivity index (χ1) is 12.7. The van der Waals surface area contributed by atoms with Gasteiger partial charge in [-0.25, -0.2) is 9.97 Å². The van der Waals surface area contributed by atoms with Crippen molar-refractivity contribution in [2.24, 2.45) is 0 Å². The van der Waals surface area contributed by atoms with Crippen molar-refractivity contribution in [1.29, 1.82) is 0 Å². The van der Waals surface area contributed by atoms with Crippen LogP contribution in [0.3, 0.4) is 0 Å². The highest BCUT2D eigenvalue weighted by Crippen LogP contribution is 2.44. The van der Waals surface area contributed by atoms with Crippen molar-refractivity contribution >= 4 is 17.4 Å². The van der Waals surface area contributed by atoms with Crippen LogP contribution in [0.1, 0.15) is 55.8 Å². The molecule has 0 radical (unpaired) electrons. The van der Waals surface area contributed by atoms with Gasteiger partial charge < -0.3 is 9.64 Å². The number of rotatable bonds is 2. The third-order valence-electron chi connectivity index (χ3n) is 5.65. The summed E-state index contributed by atoms with van der Waals surface area (Å²) in [7, 11) is 0. The summed E-state index contributed by atoms with van der Waals surface area (Å²) in [5.41, 5.74) is 3.78. The van der Waals surface area contributed by atoms with Gasteiger partial charge in [0.1, 0.15) is 11.4 Å². The molecule has 0 N–H and O–H groups in total. The van der Waals surface area contributed by atoms with E-state index in [9.17, 15) is 0 Å². The quantitative estimate of drug-likeness (QED) is 0.723. The molecule has 138 valence electrons. The first-order valence-corrected chi connectivity index (χ1v) is 10.1. The molecule has 5 heteroatoms. The zero-order valence-corrected chi connectivity index (χ0v) is 16.3. The van der Waals surface area contributed by atoms with E-state index in [4.69, 9.17) is 16.3 Å². The Morgan fingerprint density at radius 2 is 1.92 bits per heavy atom. The van der Waals surface area contributed by atoms with E-state index in [-0.39, 0.29) is 5.60 Å². The minimum absolute atomic E-state index is 0.0712. The SMILES string of the molecule is CC.Clc1nc2c(c(N3CC4(CCCO4)C3)n1)CCC2c1ccccc1. The van der Waals surface area contributed by atoms with Crippen molar-refractivity contribution in [2.45, 2.75) is 51.0 Å². The second kappa shape index (κ2) is 7.16. The predicted molar refractivity (Wildman–Crippen MR) is 105 cm³/mol. The molecule has 0 saturated carbocycles. The van der Waals surface area contributed by atoms with Crippen LogP contribution < -0.4 is 4.90 Å². The molecule has 2 aromatic rings. The predicted octanol–water partition coefficient (Wildman–Crippen LogP) is 4.60. The number of fused-ring (bicyclic) bond motifs is 1. The maximum absolute atomic E-state index is 6.28. The maximum atomic E-state index is 6.28. The smallest absolute Gasteiger partial charge is 0.224 e. The molecule has 3 heterocycles. The van der Waals surface area contributed by atoms with Crippen LogP contribution in [0.15, 0.2) is 30.3 Å². The molecule has 0 amide bonds. The van der Waals surface area contributed by atoms with Crippen molar-refractivity contribution in [3.63, 3.8) is 0 Å². The van der Waals surface area contributed by atoms with Crippen LogP contribution in [0, 0.1) is 0 Å². The van der Waals surface area contributed by atoms with Gasteiger partial charge in [0.2, 0.25) is 5.28 Å². The third-order valence-corrected chi connectivity index (χ3v) is 5.82. The van der Waals surface area contributed by atoms with E-state index in [0.717, 1.165) is 50.5 Å². The van der Waals surface area contributed by atoms with Crippen molar-refractivity contribution in [1.82, 2.24) is 9.97 Å². The summed E-state index contributed by atoms with van der Waals surface area (Å²) < 4.78 is 5.95. The zero-order chi connectivity index (χ0) is 18.1. The topological polar surface area (TPSA) is 38.2 Å². The minimum atomic E-state index is 0.0712. The molecule has 26 heavy (non-hydrogen) atoms. The number of aromatic nitrogens is 2. The van der Waals surface area contributed by atoms with Gasteiger partial charge in [0.25, 0.3) is 0 Å². The number of nitrogens with zero attached hydrogens (tertiary/aromatic N) is 3. The van der Waals surface area contributed by atoms with Gasteiger partial charge in [-0.2, -0.15) is 0 Å². The van der Waals surface area contributed by atoms with E-state index in [1.165, 1.54) is 17.5 Å². The lowest BCUT2D eigenvalue weighted by Crippen LogP contribution is -2.62. The fourth-order valence-corrected chi connectivity index (χ4v) is 4.66. The van der Waals surface area contributed by atoms with Crippen molar-refractivity contribution in [2.75, 3.05) is 24.6 Å². The van der Waals surface area contributed by atoms with Gasteiger partial charge in [-0.3, -0.25) is 0 Å². The van der Waals surface area contributed by atoms with E-state index < -0.39 is 0 Å². The molecular formula is C21H26ClN3O. The van der Waals surface area contributed by atoms with Crippen LogP contribution in [-0.2, 0) is 11.2 Å². The molecule has 2 saturated heterocycles. The van der Waals surface area contributed by atoms with Crippen molar-refractivity contribution in [3.05, 3.63) is 52.4 Å². The van der Waals surface area contributed by atoms with Crippen LogP contribution >= 0.6 is 11.6 Å². The molecule has 5 rings (SSSR count). The Labute approximate surface area is 160 Å². The van der Waals surface area contributed by atoms with E-state index in [1.807, 2.05) is 13.8 Å². The van der Waals surface area contributed by atoms with E-state index >= 15 is 0 Å². The molecule has 1 spiro atoms. The maximum Gasteiger partial charge on any atom is 0.224 e. The standard InChI is InChI=1S/C19H20ClN3O.C2H6/c20-18-21-16-14(13-5-2-1-3-6-13)7-8-15(16)17(22-18)23-11-19(12-23)9-4-10-24-19;1-2/h1-3,5-6,14H,4,7-12H2;1-2H3. The molecule has 2 fully saturated rings. The lowest BCUT2D eigenvalue weighted by molar-refractivity contribution is -0.0184. The van der Waals surface area contributed by atoms with E-state index in [2.05, 4.69) is 45.2 Å². The molecule has 1 aromatic heterocycles. The molecule has 1 aliphatic carbocycles. The lowest BCUT2D eigenvalue weighted by atomic mass is 9.90. The Morgan fingerprint density at radius 1 is 1.15 bits per heavy atom. The normalized spacial score (nSPS) is 22.6. The second-order valence-electron chi connectivity index (χ2n) is 7.17. The van der Waals surface area contributed by atoms with Crippen molar-refractivity contribution < 1.29 is 4.74 Å². The first-order valence-electron chi connectivity index (χ1n) is 9.74. The molecule has 2 aliphatic heterocycles. The van der Waals surface area contributed by atoms with Gasteiger partial charge in [-0.1, -0.05) is 44.2 Å². The summed E-state index contributed by atoms with van der Waals surface area (Å²) >= 11 is 6.28. The van der Waals surface area contributed by atoms with Gasteiger partial charge >= 0.3 is 0 Å². The average Bonchev–Trinajstić information content (AvgIpc) is 3.29. The summed E-state index contributed by atoms with van der Waals surface area (Å²) in [6, 6.07) is 10.6. The summed E-state index contributed by atoms with van der Waals surface area (Å²) in [6.07, 6.45) is 4.44. The van der Waals surface area contributed by atoms with E-state index in [0.29, 0.717) is 11.2 Å². The van der Waals surface area contributed by atoms with Crippen LogP contribution in [0.4, 0.5) is 5.82 Å². The molecule has 1 atom stereocenters. The van der Waals surface area contributed by atoms with Gasteiger partial charge in [0.15, 0.2) is 0 Å². The number of halogens is 1. The van der Waals surface area contributed by atoms with Gasteiger partial charge in [-0.15, -0.1) is 0 Å².